The molecule has 1 aliphatic rings. The maximum Gasteiger partial charge on any atom is 0.245 e. The summed E-state index contributed by atoms with van der Waals surface area (Å²) in [5.74, 6) is 1.40. The van der Waals surface area contributed by atoms with Crippen LogP contribution >= 0.6 is 11.6 Å². The van der Waals surface area contributed by atoms with Gasteiger partial charge >= 0.3 is 0 Å². The van der Waals surface area contributed by atoms with Gasteiger partial charge in [-0.2, -0.15) is 0 Å². The van der Waals surface area contributed by atoms with Crippen LogP contribution in [0.3, 0.4) is 0 Å². The molecule has 0 aliphatic heterocycles. The Bertz CT molecular complexity index is 863. The van der Waals surface area contributed by atoms with Crippen LogP contribution in [0.15, 0.2) is 47.0 Å². The Kier molecular flexibility index (Phi) is 4.07. The Hall–Kier alpha value is -2.20. The van der Waals surface area contributed by atoms with Crippen molar-refractivity contribution in [1.82, 2.24) is 9.97 Å². The van der Waals surface area contributed by atoms with Crippen LogP contribution in [-0.2, 0) is 12.8 Å². The lowest BCUT2D eigenvalue weighted by Crippen LogP contribution is -2.03. The van der Waals surface area contributed by atoms with Gasteiger partial charge < -0.3 is 4.42 Å². The highest BCUT2D eigenvalue weighted by Crippen LogP contribution is 2.36. The zero-order chi connectivity index (χ0) is 16.5. The maximum atomic E-state index is 13.3. The molecule has 24 heavy (non-hydrogen) atoms. The molecule has 0 fully saturated rings. The molecule has 1 atom stereocenters. The second-order valence-corrected chi connectivity index (χ2v) is 6.47. The Labute approximate surface area is 144 Å². The number of hydrogen-bond donors (Lipinski definition) is 0. The zero-order valence-corrected chi connectivity index (χ0v) is 13.8. The molecule has 1 aromatic carbocycles. The lowest BCUT2D eigenvalue weighted by Gasteiger charge is -2.15. The van der Waals surface area contributed by atoms with Crippen LogP contribution in [0.4, 0.5) is 4.39 Å². The van der Waals surface area contributed by atoms with Gasteiger partial charge in [0.2, 0.25) is 5.89 Å². The summed E-state index contributed by atoms with van der Waals surface area (Å²) in [4.78, 5) is 8.96. The fourth-order valence-corrected chi connectivity index (χ4v) is 3.60. The van der Waals surface area contributed by atoms with Crippen LogP contribution in [0.1, 0.15) is 35.8 Å². The van der Waals surface area contributed by atoms with E-state index in [-0.39, 0.29) is 11.7 Å². The van der Waals surface area contributed by atoms with Crippen LogP contribution < -0.4 is 0 Å². The summed E-state index contributed by atoms with van der Waals surface area (Å²) in [5, 5.41) is 0.483. The molecule has 0 saturated heterocycles. The first-order valence-electron chi connectivity index (χ1n) is 8.05. The third kappa shape index (κ3) is 2.94. The minimum absolute atomic E-state index is 0.223. The molecule has 3 aromatic rings. The van der Waals surface area contributed by atoms with Crippen molar-refractivity contribution in [3.05, 3.63) is 70.5 Å². The van der Waals surface area contributed by atoms with Crippen LogP contribution in [0.2, 0.25) is 5.02 Å². The van der Waals surface area contributed by atoms with Crippen LogP contribution in [-0.4, -0.2) is 9.97 Å². The van der Waals surface area contributed by atoms with Gasteiger partial charge in [-0.3, -0.25) is 4.98 Å². The van der Waals surface area contributed by atoms with E-state index in [1.165, 1.54) is 12.1 Å². The van der Waals surface area contributed by atoms with Crippen molar-refractivity contribution in [2.45, 2.75) is 31.6 Å². The largest absolute Gasteiger partial charge is 0.440 e. The molecule has 0 spiro atoms. The SMILES string of the molecule is Fc1ccc(C2CCCc3oc(-c4ccccn4)nc3C2)c(Cl)c1. The van der Waals surface area contributed by atoms with Gasteiger partial charge in [0.1, 0.15) is 17.3 Å². The monoisotopic (exact) mass is 342 g/mol. The smallest absolute Gasteiger partial charge is 0.245 e. The Morgan fingerprint density at radius 1 is 1.21 bits per heavy atom. The molecular formula is C19H16ClFN2O. The van der Waals surface area contributed by atoms with Crippen molar-refractivity contribution in [3.63, 3.8) is 0 Å². The van der Waals surface area contributed by atoms with E-state index in [1.54, 1.807) is 12.3 Å². The number of pyridine rings is 1. The first-order valence-corrected chi connectivity index (χ1v) is 8.43. The first-order chi connectivity index (χ1) is 11.7. The molecule has 3 nitrogen and oxygen atoms in total. The number of rotatable bonds is 2. The van der Waals surface area contributed by atoms with E-state index < -0.39 is 0 Å². The van der Waals surface area contributed by atoms with E-state index >= 15 is 0 Å². The average molecular weight is 343 g/mol. The predicted molar refractivity (Wildman–Crippen MR) is 90.5 cm³/mol. The highest BCUT2D eigenvalue weighted by molar-refractivity contribution is 6.31. The quantitative estimate of drug-likeness (QED) is 0.601. The summed E-state index contributed by atoms with van der Waals surface area (Å²) in [6.45, 7) is 0. The number of benzene rings is 1. The molecule has 122 valence electrons. The van der Waals surface area contributed by atoms with Gasteiger partial charge in [0, 0.05) is 24.1 Å². The van der Waals surface area contributed by atoms with Crippen molar-refractivity contribution in [2.24, 2.45) is 0 Å². The highest BCUT2D eigenvalue weighted by Gasteiger charge is 2.25. The lowest BCUT2D eigenvalue weighted by molar-refractivity contribution is 0.504. The third-order valence-corrected chi connectivity index (χ3v) is 4.79. The van der Waals surface area contributed by atoms with E-state index in [9.17, 15) is 4.39 Å². The third-order valence-electron chi connectivity index (χ3n) is 4.46. The summed E-state index contributed by atoms with van der Waals surface area (Å²) in [6, 6.07) is 10.3. The normalized spacial score (nSPS) is 17.3. The topological polar surface area (TPSA) is 38.9 Å². The van der Waals surface area contributed by atoms with Crippen LogP contribution in [0.25, 0.3) is 11.6 Å². The van der Waals surface area contributed by atoms with Gasteiger partial charge in [0.05, 0.1) is 5.69 Å². The second kappa shape index (κ2) is 6.36. The molecular weight excluding hydrogens is 327 g/mol. The number of aromatic nitrogens is 2. The minimum atomic E-state index is -0.308. The summed E-state index contributed by atoms with van der Waals surface area (Å²) in [5.41, 5.74) is 2.67. The lowest BCUT2D eigenvalue weighted by atomic mass is 9.91. The molecule has 1 aliphatic carbocycles. The minimum Gasteiger partial charge on any atom is -0.440 e. The number of hydrogen-bond acceptors (Lipinski definition) is 3. The zero-order valence-electron chi connectivity index (χ0n) is 13.0. The van der Waals surface area contributed by atoms with E-state index in [0.717, 1.165) is 48.4 Å². The second-order valence-electron chi connectivity index (χ2n) is 6.06. The molecule has 0 saturated carbocycles. The number of aryl methyl sites for hydroxylation is 1. The standard InChI is InChI=1S/C19H16ClFN2O/c20-15-11-13(21)7-8-14(15)12-4-3-6-18-17(10-12)23-19(24-18)16-5-1-2-9-22-16/h1-2,5,7-9,11-12H,3-4,6,10H2. The first kappa shape index (κ1) is 15.3. The van der Waals surface area contributed by atoms with Crippen molar-refractivity contribution >= 4 is 11.6 Å². The van der Waals surface area contributed by atoms with E-state index in [1.807, 2.05) is 18.2 Å². The molecule has 0 amide bonds. The van der Waals surface area contributed by atoms with E-state index in [0.29, 0.717) is 10.9 Å². The van der Waals surface area contributed by atoms with Gasteiger partial charge in [-0.25, -0.2) is 9.37 Å². The Morgan fingerprint density at radius 2 is 2.12 bits per heavy atom. The average Bonchev–Trinajstić information content (AvgIpc) is 2.88. The summed E-state index contributed by atoms with van der Waals surface area (Å²) >= 11 is 6.25. The number of nitrogens with zero attached hydrogens (tertiary/aromatic N) is 2. The molecule has 5 heteroatoms. The van der Waals surface area contributed by atoms with Gasteiger partial charge in [0.15, 0.2) is 0 Å². The molecule has 4 rings (SSSR count). The van der Waals surface area contributed by atoms with Crippen molar-refractivity contribution < 1.29 is 8.81 Å². The van der Waals surface area contributed by atoms with Crippen LogP contribution in [0.5, 0.6) is 0 Å². The van der Waals surface area contributed by atoms with E-state index in [2.05, 4.69) is 9.97 Å². The summed E-state index contributed by atoms with van der Waals surface area (Å²) in [6.07, 6.45) is 5.30. The molecule has 1 unspecified atom stereocenters. The number of halogens is 2. The maximum absolute atomic E-state index is 13.3. The van der Waals surface area contributed by atoms with Crippen molar-refractivity contribution in [2.75, 3.05) is 0 Å². The Balaban J connectivity index is 1.66. The van der Waals surface area contributed by atoms with Gasteiger partial charge in [0.25, 0.3) is 0 Å². The molecule has 0 N–H and O–H groups in total. The number of fused-ring (bicyclic) bond motifs is 1. The fourth-order valence-electron chi connectivity index (χ4n) is 3.28. The summed E-state index contributed by atoms with van der Waals surface area (Å²) in [7, 11) is 0. The molecule has 2 heterocycles. The van der Waals surface area contributed by atoms with Crippen LogP contribution in [0, 0.1) is 5.82 Å². The Morgan fingerprint density at radius 3 is 2.92 bits per heavy atom. The van der Waals surface area contributed by atoms with Crippen molar-refractivity contribution in [1.29, 1.82) is 0 Å². The van der Waals surface area contributed by atoms with Gasteiger partial charge in [-0.1, -0.05) is 23.7 Å². The van der Waals surface area contributed by atoms with Crippen molar-refractivity contribution in [3.8, 4) is 11.6 Å². The predicted octanol–water partition coefficient (Wildman–Crippen LogP) is 5.19. The molecule has 0 bridgehead atoms. The fraction of sp³-hybridized carbons (Fsp3) is 0.263. The van der Waals surface area contributed by atoms with Gasteiger partial charge in [-0.05, 0) is 48.6 Å². The number of oxazole rings is 1. The van der Waals surface area contributed by atoms with E-state index in [4.69, 9.17) is 16.0 Å². The molecule has 2 aromatic heterocycles. The van der Waals surface area contributed by atoms with Gasteiger partial charge in [-0.15, -0.1) is 0 Å². The highest BCUT2D eigenvalue weighted by atomic mass is 35.5. The summed E-state index contributed by atoms with van der Waals surface area (Å²) < 4.78 is 19.2. The molecule has 0 radical (unpaired) electrons.